The molecule has 0 fully saturated rings. The maximum Gasteiger partial charge on any atom is 0.306 e. The Balaban J connectivity index is 1.36. The van der Waals surface area contributed by atoms with E-state index in [1.807, 2.05) is 73.0 Å². The highest BCUT2D eigenvalue weighted by atomic mass is 32.1. The van der Waals surface area contributed by atoms with Crippen LogP contribution in [0.4, 0.5) is 0 Å². The molecule has 2 heterocycles. The number of carbonyl (C=O) groups is 2. The zero-order valence-corrected chi connectivity index (χ0v) is 19.1. The summed E-state index contributed by atoms with van der Waals surface area (Å²) < 4.78 is 13.6. The Hall–Kier alpha value is -3.45. The molecule has 164 valence electrons. The highest BCUT2D eigenvalue weighted by Gasteiger charge is 2.18. The monoisotopic (exact) mass is 448 g/mol. The standard InChI is InChI=1S/C25H24N2O4S/c1-16-14-20(17(2)27(16)18-8-10-19(30-3)11-9-18)22(28)15-31-25(29)13-12-24-26-21-6-4-5-7-23(21)32-24/h4-11,14H,12-13,15H2,1-3H3. The van der Waals surface area contributed by atoms with Crippen molar-refractivity contribution in [3.63, 3.8) is 0 Å². The molecule has 0 radical (unpaired) electrons. The molecule has 7 heteroatoms. The van der Waals surface area contributed by atoms with Crippen LogP contribution in [0.3, 0.4) is 0 Å². The number of para-hydroxylation sites is 1. The van der Waals surface area contributed by atoms with Crippen molar-refractivity contribution >= 4 is 33.3 Å². The zero-order chi connectivity index (χ0) is 22.7. The van der Waals surface area contributed by atoms with E-state index in [1.165, 1.54) is 0 Å². The fourth-order valence-electron chi connectivity index (χ4n) is 3.71. The van der Waals surface area contributed by atoms with E-state index >= 15 is 0 Å². The summed E-state index contributed by atoms with van der Waals surface area (Å²) in [6.45, 7) is 3.56. The summed E-state index contributed by atoms with van der Waals surface area (Å²) >= 11 is 1.57. The lowest BCUT2D eigenvalue weighted by Gasteiger charge is -2.11. The van der Waals surface area contributed by atoms with Gasteiger partial charge in [-0.1, -0.05) is 12.1 Å². The summed E-state index contributed by atoms with van der Waals surface area (Å²) in [5.74, 6) is 0.151. The average Bonchev–Trinajstić information content (AvgIpc) is 3.36. The predicted octanol–water partition coefficient (Wildman–Crippen LogP) is 5.07. The quantitative estimate of drug-likeness (QED) is 0.278. The molecule has 0 spiro atoms. The molecule has 4 rings (SSSR count). The molecule has 0 amide bonds. The Morgan fingerprint density at radius 2 is 1.81 bits per heavy atom. The Morgan fingerprint density at radius 3 is 2.53 bits per heavy atom. The van der Waals surface area contributed by atoms with Gasteiger partial charge in [-0.15, -0.1) is 11.3 Å². The molecule has 0 unspecified atom stereocenters. The summed E-state index contributed by atoms with van der Waals surface area (Å²) in [5.41, 5.74) is 4.16. The first kappa shape index (κ1) is 21.8. The van der Waals surface area contributed by atoms with Gasteiger partial charge in [0.2, 0.25) is 5.78 Å². The second-order valence-electron chi connectivity index (χ2n) is 7.48. The van der Waals surface area contributed by atoms with Crippen molar-refractivity contribution < 1.29 is 19.1 Å². The molecule has 0 saturated carbocycles. The molecule has 2 aromatic carbocycles. The minimum absolute atomic E-state index is 0.192. The lowest BCUT2D eigenvalue weighted by Crippen LogP contribution is -2.15. The van der Waals surface area contributed by atoms with E-state index in [-0.39, 0.29) is 18.8 Å². The van der Waals surface area contributed by atoms with Gasteiger partial charge in [-0.05, 0) is 56.3 Å². The van der Waals surface area contributed by atoms with Gasteiger partial charge >= 0.3 is 5.97 Å². The van der Waals surface area contributed by atoms with Gasteiger partial charge in [0.1, 0.15) is 5.75 Å². The average molecular weight is 449 g/mol. The highest BCUT2D eigenvalue weighted by molar-refractivity contribution is 7.18. The first-order valence-electron chi connectivity index (χ1n) is 10.3. The molecule has 0 aliphatic rings. The fourth-order valence-corrected chi connectivity index (χ4v) is 4.67. The maximum absolute atomic E-state index is 12.7. The number of ketones is 1. The van der Waals surface area contributed by atoms with Gasteiger partial charge in [-0.2, -0.15) is 0 Å². The minimum Gasteiger partial charge on any atom is -0.497 e. The first-order chi connectivity index (χ1) is 15.5. The molecule has 0 saturated heterocycles. The van der Waals surface area contributed by atoms with E-state index in [1.54, 1.807) is 18.4 Å². The molecule has 2 aromatic heterocycles. The number of hydrogen-bond donors (Lipinski definition) is 0. The smallest absolute Gasteiger partial charge is 0.306 e. The normalized spacial score (nSPS) is 11.0. The van der Waals surface area contributed by atoms with Crippen molar-refractivity contribution in [2.45, 2.75) is 26.7 Å². The Bertz CT molecular complexity index is 1240. The molecule has 0 atom stereocenters. The number of hydrogen-bond acceptors (Lipinski definition) is 6. The predicted molar refractivity (Wildman–Crippen MR) is 125 cm³/mol. The molecular weight excluding hydrogens is 424 g/mol. The number of rotatable bonds is 8. The lowest BCUT2D eigenvalue weighted by atomic mass is 10.1. The Labute approximate surface area is 190 Å². The third-order valence-electron chi connectivity index (χ3n) is 5.31. The van der Waals surface area contributed by atoms with Crippen LogP contribution in [0.15, 0.2) is 54.6 Å². The van der Waals surface area contributed by atoms with E-state index in [4.69, 9.17) is 9.47 Å². The molecule has 4 aromatic rings. The third-order valence-corrected chi connectivity index (χ3v) is 6.40. The number of benzene rings is 2. The van der Waals surface area contributed by atoms with Crippen LogP contribution in [0.5, 0.6) is 5.75 Å². The number of esters is 1. The van der Waals surface area contributed by atoms with Crippen LogP contribution in [-0.4, -0.2) is 35.0 Å². The number of Topliss-reactive ketones (excluding diaryl/α,β-unsaturated/α-hetero) is 1. The van der Waals surface area contributed by atoms with Crippen molar-refractivity contribution in [2.75, 3.05) is 13.7 Å². The third kappa shape index (κ3) is 4.57. The molecule has 32 heavy (non-hydrogen) atoms. The van der Waals surface area contributed by atoms with E-state index < -0.39 is 5.97 Å². The van der Waals surface area contributed by atoms with Crippen LogP contribution in [0, 0.1) is 13.8 Å². The number of nitrogens with zero attached hydrogens (tertiary/aromatic N) is 2. The van der Waals surface area contributed by atoms with Crippen molar-refractivity contribution in [2.24, 2.45) is 0 Å². The van der Waals surface area contributed by atoms with Gasteiger partial charge in [-0.3, -0.25) is 9.59 Å². The van der Waals surface area contributed by atoms with Crippen LogP contribution >= 0.6 is 11.3 Å². The van der Waals surface area contributed by atoms with Crippen LogP contribution in [0.25, 0.3) is 15.9 Å². The number of fused-ring (bicyclic) bond motifs is 1. The summed E-state index contributed by atoms with van der Waals surface area (Å²) in [6.07, 6.45) is 0.691. The van der Waals surface area contributed by atoms with Crippen molar-refractivity contribution in [1.29, 1.82) is 0 Å². The highest BCUT2D eigenvalue weighted by Crippen LogP contribution is 2.24. The Kier molecular flexibility index (Phi) is 6.37. The second-order valence-corrected chi connectivity index (χ2v) is 8.59. The van der Waals surface area contributed by atoms with E-state index in [9.17, 15) is 9.59 Å². The van der Waals surface area contributed by atoms with Gasteiger partial charge in [0, 0.05) is 29.1 Å². The topological polar surface area (TPSA) is 70.4 Å². The number of methoxy groups -OCH3 is 1. The van der Waals surface area contributed by atoms with E-state index in [0.717, 1.165) is 38.0 Å². The van der Waals surface area contributed by atoms with Gasteiger partial charge in [0.05, 0.1) is 28.8 Å². The summed E-state index contributed by atoms with van der Waals surface area (Å²) in [7, 11) is 1.62. The van der Waals surface area contributed by atoms with E-state index in [0.29, 0.717) is 12.0 Å². The molecule has 0 aliphatic heterocycles. The Morgan fingerprint density at radius 1 is 1.06 bits per heavy atom. The molecule has 0 bridgehead atoms. The molecule has 6 nitrogen and oxygen atoms in total. The first-order valence-corrected chi connectivity index (χ1v) is 11.1. The maximum atomic E-state index is 12.7. The number of ether oxygens (including phenoxy) is 2. The van der Waals surface area contributed by atoms with Crippen LogP contribution in [-0.2, 0) is 16.0 Å². The van der Waals surface area contributed by atoms with Crippen LogP contribution < -0.4 is 4.74 Å². The number of aryl methyl sites for hydroxylation is 2. The van der Waals surface area contributed by atoms with Gasteiger partial charge in [0.25, 0.3) is 0 Å². The zero-order valence-electron chi connectivity index (χ0n) is 18.3. The lowest BCUT2D eigenvalue weighted by molar-refractivity contribution is -0.142. The number of aromatic nitrogens is 2. The minimum atomic E-state index is -0.401. The van der Waals surface area contributed by atoms with Gasteiger partial charge < -0.3 is 14.0 Å². The molecular formula is C25H24N2O4S. The SMILES string of the molecule is COc1ccc(-n2c(C)cc(C(=O)COC(=O)CCc3nc4ccccc4s3)c2C)cc1. The second kappa shape index (κ2) is 9.36. The van der Waals surface area contributed by atoms with Crippen molar-refractivity contribution in [1.82, 2.24) is 9.55 Å². The fraction of sp³-hybridized carbons (Fsp3) is 0.240. The largest absolute Gasteiger partial charge is 0.497 e. The summed E-state index contributed by atoms with van der Waals surface area (Å²) in [5, 5.41) is 0.887. The molecule has 0 N–H and O–H groups in total. The van der Waals surface area contributed by atoms with Gasteiger partial charge in [-0.25, -0.2) is 4.98 Å². The summed E-state index contributed by atoms with van der Waals surface area (Å²) in [6, 6.07) is 17.3. The van der Waals surface area contributed by atoms with Crippen molar-refractivity contribution in [3.8, 4) is 11.4 Å². The van der Waals surface area contributed by atoms with Crippen LogP contribution in [0.2, 0.25) is 0 Å². The molecule has 0 aliphatic carbocycles. The van der Waals surface area contributed by atoms with Crippen LogP contribution in [0.1, 0.15) is 33.2 Å². The number of thiazole rings is 1. The van der Waals surface area contributed by atoms with Gasteiger partial charge in [0.15, 0.2) is 6.61 Å². The summed E-state index contributed by atoms with van der Waals surface area (Å²) in [4.78, 5) is 29.5. The number of carbonyl (C=O) groups excluding carboxylic acids is 2. The van der Waals surface area contributed by atoms with Crippen molar-refractivity contribution in [3.05, 3.63) is 76.6 Å². The van der Waals surface area contributed by atoms with E-state index in [2.05, 4.69) is 4.98 Å².